The molecule has 0 amide bonds. The van der Waals surface area contributed by atoms with Gasteiger partial charge in [0.05, 0.1) is 12.7 Å². The molecule has 0 aliphatic rings. The zero-order chi connectivity index (χ0) is 8.97. The molecule has 0 bridgehead atoms. The standard InChI is InChI=1S/C7H12N2O3/c1-5(2)11-4-3-6-8-7(10)12-9-6/h5H,3-4H2,1-2H3,(H,8,9,10). The molecule has 1 N–H and O–H groups in total. The minimum absolute atomic E-state index is 0.198. The number of rotatable bonds is 4. The van der Waals surface area contributed by atoms with Crippen LogP contribution in [0.5, 0.6) is 0 Å². The molecule has 5 heteroatoms. The van der Waals surface area contributed by atoms with Gasteiger partial charge >= 0.3 is 5.76 Å². The number of ether oxygens (including phenoxy) is 1. The van der Waals surface area contributed by atoms with E-state index in [9.17, 15) is 4.79 Å². The van der Waals surface area contributed by atoms with Crippen molar-refractivity contribution in [1.29, 1.82) is 0 Å². The fourth-order valence-electron chi connectivity index (χ4n) is 0.759. The van der Waals surface area contributed by atoms with Crippen molar-refractivity contribution in [1.82, 2.24) is 10.1 Å². The maximum atomic E-state index is 10.5. The van der Waals surface area contributed by atoms with Crippen LogP contribution in [0.3, 0.4) is 0 Å². The number of aromatic nitrogens is 2. The van der Waals surface area contributed by atoms with Crippen LogP contribution in [0.25, 0.3) is 0 Å². The highest BCUT2D eigenvalue weighted by Crippen LogP contribution is 1.91. The van der Waals surface area contributed by atoms with Gasteiger partial charge in [0.2, 0.25) is 0 Å². The van der Waals surface area contributed by atoms with Gasteiger partial charge in [-0.2, -0.15) is 0 Å². The van der Waals surface area contributed by atoms with E-state index in [4.69, 9.17) is 4.74 Å². The first-order valence-corrected chi connectivity index (χ1v) is 3.85. The lowest BCUT2D eigenvalue weighted by Crippen LogP contribution is -2.07. The van der Waals surface area contributed by atoms with Crippen LogP contribution in [0.4, 0.5) is 0 Å². The van der Waals surface area contributed by atoms with Crippen molar-refractivity contribution >= 4 is 0 Å². The molecule has 0 atom stereocenters. The normalized spacial score (nSPS) is 10.9. The Balaban J connectivity index is 2.29. The monoisotopic (exact) mass is 172 g/mol. The van der Waals surface area contributed by atoms with Crippen molar-refractivity contribution in [3.63, 3.8) is 0 Å². The number of nitrogens with one attached hydrogen (secondary N) is 1. The quantitative estimate of drug-likeness (QED) is 0.710. The largest absolute Gasteiger partial charge is 0.438 e. The third-order valence-electron chi connectivity index (χ3n) is 1.28. The van der Waals surface area contributed by atoms with Crippen molar-refractivity contribution in [3.8, 4) is 0 Å². The van der Waals surface area contributed by atoms with E-state index in [0.29, 0.717) is 18.9 Å². The van der Waals surface area contributed by atoms with Gasteiger partial charge in [0.15, 0.2) is 5.82 Å². The maximum Gasteiger partial charge on any atom is 0.438 e. The van der Waals surface area contributed by atoms with E-state index in [0.717, 1.165) is 0 Å². The topological polar surface area (TPSA) is 68.1 Å². The molecule has 1 rings (SSSR count). The first kappa shape index (κ1) is 8.99. The first-order chi connectivity index (χ1) is 5.68. The van der Waals surface area contributed by atoms with Crippen LogP contribution in [0.1, 0.15) is 19.7 Å². The van der Waals surface area contributed by atoms with E-state index in [1.54, 1.807) is 0 Å². The molecule has 0 radical (unpaired) electrons. The molecule has 0 saturated carbocycles. The molecule has 1 aromatic rings. The number of nitrogens with zero attached hydrogens (tertiary/aromatic N) is 1. The minimum Gasteiger partial charge on any atom is -0.378 e. The number of H-pyrrole nitrogens is 1. The summed E-state index contributed by atoms with van der Waals surface area (Å²) in [5, 5.41) is 3.49. The van der Waals surface area contributed by atoms with Crippen LogP contribution >= 0.6 is 0 Å². The van der Waals surface area contributed by atoms with Gasteiger partial charge in [0.25, 0.3) is 0 Å². The molecule has 0 aliphatic carbocycles. The van der Waals surface area contributed by atoms with E-state index in [2.05, 4.69) is 14.7 Å². The Labute approximate surface area is 69.7 Å². The van der Waals surface area contributed by atoms with Gasteiger partial charge < -0.3 is 4.74 Å². The summed E-state index contributed by atoms with van der Waals surface area (Å²) in [7, 11) is 0. The highest BCUT2D eigenvalue weighted by Gasteiger charge is 2.00. The second-order valence-electron chi connectivity index (χ2n) is 2.71. The van der Waals surface area contributed by atoms with Crippen LogP contribution in [-0.2, 0) is 11.2 Å². The van der Waals surface area contributed by atoms with Gasteiger partial charge in [-0.3, -0.25) is 9.51 Å². The van der Waals surface area contributed by atoms with Crippen molar-refractivity contribution < 1.29 is 9.26 Å². The fourth-order valence-corrected chi connectivity index (χ4v) is 0.759. The van der Waals surface area contributed by atoms with Crippen LogP contribution in [0.2, 0.25) is 0 Å². The van der Waals surface area contributed by atoms with Crippen molar-refractivity contribution in [2.24, 2.45) is 0 Å². The Morgan fingerprint density at radius 3 is 2.92 bits per heavy atom. The average molecular weight is 172 g/mol. The molecule has 0 aromatic carbocycles. The number of hydrogen-bond donors (Lipinski definition) is 1. The summed E-state index contributed by atoms with van der Waals surface area (Å²) in [6.45, 7) is 4.44. The molecule has 68 valence electrons. The Bertz CT molecular complexity index is 276. The Kier molecular flexibility index (Phi) is 3.04. The second kappa shape index (κ2) is 4.06. The Hall–Kier alpha value is -1.10. The van der Waals surface area contributed by atoms with Gasteiger partial charge in [0, 0.05) is 6.42 Å². The summed E-state index contributed by atoms with van der Waals surface area (Å²) in [6.07, 6.45) is 0.771. The van der Waals surface area contributed by atoms with Gasteiger partial charge in [-0.1, -0.05) is 5.16 Å². The summed E-state index contributed by atoms with van der Waals surface area (Å²) in [5.41, 5.74) is 0. The van der Waals surface area contributed by atoms with E-state index >= 15 is 0 Å². The van der Waals surface area contributed by atoms with Crippen molar-refractivity contribution in [3.05, 3.63) is 16.4 Å². The van der Waals surface area contributed by atoms with E-state index in [-0.39, 0.29) is 6.10 Å². The van der Waals surface area contributed by atoms with E-state index < -0.39 is 5.76 Å². The van der Waals surface area contributed by atoms with Gasteiger partial charge in [0.1, 0.15) is 0 Å². The highest BCUT2D eigenvalue weighted by molar-refractivity contribution is 4.77. The fraction of sp³-hybridized carbons (Fsp3) is 0.714. The molecule has 1 aromatic heterocycles. The third kappa shape index (κ3) is 2.87. The predicted molar refractivity (Wildman–Crippen MR) is 41.9 cm³/mol. The van der Waals surface area contributed by atoms with Gasteiger partial charge in [-0.25, -0.2) is 4.79 Å². The molecule has 0 fully saturated rings. The smallest absolute Gasteiger partial charge is 0.378 e. The lowest BCUT2D eigenvalue weighted by atomic mass is 10.4. The highest BCUT2D eigenvalue weighted by atomic mass is 16.5. The average Bonchev–Trinajstić information content (AvgIpc) is 2.35. The second-order valence-corrected chi connectivity index (χ2v) is 2.71. The third-order valence-corrected chi connectivity index (χ3v) is 1.28. The SMILES string of the molecule is CC(C)OCCc1noc(=O)[nH]1. The Morgan fingerprint density at radius 1 is 1.67 bits per heavy atom. The molecule has 0 unspecified atom stereocenters. The minimum atomic E-state index is -0.519. The number of aromatic amines is 1. The van der Waals surface area contributed by atoms with Crippen molar-refractivity contribution in [2.45, 2.75) is 26.4 Å². The Morgan fingerprint density at radius 2 is 2.42 bits per heavy atom. The molecule has 0 spiro atoms. The van der Waals surface area contributed by atoms with E-state index in [1.807, 2.05) is 13.8 Å². The van der Waals surface area contributed by atoms with Crippen LogP contribution in [-0.4, -0.2) is 22.9 Å². The first-order valence-electron chi connectivity index (χ1n) is 3.85. The molecular weight excluding hydrogens is 160 g/mol. The van der Waals surface area contributed by atoms with Gasteiger partial charge in [-0.15, -0.1) is 0 Å². The molecular formula is C7H12N2O3. The zero-order valence-corrected chi connectivity index (χ0v) is 7.16. The summed E-state index contributed by atoms with van der Waals surface area (Å²) in [6, 6.07) is 0. The van der Waals surface area contributed by atoms with Crippen molar-refractivity contribution in [2.75, 3.05) is 6.61 Å². The van der Waals surface area contributed by atoms with Gasteiger partial charge in [-0.05, 0) is 13.8 Å². The summed E-state index contributed by atoms with van der Waals surface area (Å²) < 4.78 is 9.56. The summed E-state index contributed by atoms with van der Waals surface area (Å²) in [5.74, 6) is 0.00944. The number of hydrogen-bond acceptors (Lipinski definition) is 4. The lowest BCUT2D eigenvalue weighted by Gasteiger charge is -2.04. The lowest BCUT2D eigenvalue weighted by molar-refractivity contribution is 0.0801. The summed E-state index contributed by atoms with van der Waals surface area (Å²) >= 11 is 0. The summed E-state index contributed by atoms with van der Waals surface area (Å²) in [4.78, 5) is 12.9. The predicted octanol–water partition coefficient (Wildman–Crippen LogP) is 0.330. The zero-order valence-electron chi connectivity index (χ0n) is 7.16. The molecule has 1 heterocycles. The van der Waals surface area contributed by atoms with Crippen LogP contribution in [0.15, 0.2) is 9.32 Å². The van der Waals surface area contributed by atoms with E-state index in [1.165, 1.54) is 0 Å². The maximum absolute atomic E-state index is 10.5. The molecule has 5 nitrogen and oxygen atoms in total. The van der Waals surface area contributed by atoms with Crippen LogP contribution < -0.4 is 5.76 Å². The molecule has 0 saturated heterocycles. The molecule has 0 aliphatic heterocycles. The molecule has 12 heavy (non-hydrogen) atoms. The van der Waals surface area contributed by atoms with Crippen LogP contribution in [0, 0.1) is 0 Å².